The maximum atomic E-state index is 5.61. The van der Waals surface area contributed by atoms with Gasteiger partial charge in [-0.2, -0.15) is 0 Å². The van der Waals surface area contributed by atoms with E-state index in [0.29, 0.717) is 10.0 Å². The molecule has 0 atom stereocenters. The first-order valence-electron chi connectivity index (χ1n) is 1.96. The van der Waals surface area contributed by atoms with Gasteiger partial charge < -0.3 is 0 Å². The fourth-order valence-corrected chi connectivity index (χ4v) is 1.49. The van der Waals surface area contributed by atoms with Crippen molar-refractivity contribution in [2.24, 2.45) is 0 Å². The molecule has 0 unspecified atom stereocenters. The van der Waals surface area contributed by atoms with Crippen molar-refractivity contribution >= 4 is 34.5 Å². The Kier molecular flexibility index (Phi) is 1.81. The first-order chi connectivity index (χ1) is 3.72. The minimum atomic E-state index is 0.580. The highest BCUT2D eigenvalue weighted by molar-refractivity contribution is 7.11. The Morgan fingerprint density at radius 3 is 2.25 bits per heavy atom. The number of hydrogen-bond acceptors (Lipinski definition) is 1. The zero-order valence-electron chi connectivity index (χ0n) is 3.95. The molecule has 0 aliphatic heterocycles. The Morgan fingerprint density at radius 2 is 2.12 bits per heavy atom. The Morgan fingerprint density at radius 1 is 1.50 bits per heavy atom. The highest BCUT2D eigenvalue weighted by Crippen LogP contribution is 2.30. The van der Waals surface area contributed by atoms with E-state index < -0.39 is 0 Å². The third-order valence-corrected chi connectivity index (χ3v) is 2.67. The quantitative estimate of drug-likeness (QED) is 0.554. The summed E-state index contributed by atoms with van der Waals surface area (Å²) in [5.41, 5.74) is 0. The lowest BCUT2D eigenvalue weighted by Gasteiger charge is -1.81. The SMILES string of the molecule is [CH2]c1scc(Cl)c1Cl. The maximum absolute atomic E-state index is 5.61. The molecule has 1 heterocycles. The average molecular weight is 166 g/mol. The summed E-state index contributed by atoms with van der Waals surface area (Å²) in [6.07, 6.45) is 0. The standard InChI is InChI=1S/C5H3Cl2S/c1-3-5(7)4(6)2-8-3/h2H,1H2. The molecule has 3 heteroatoms. The average Bonchev–Trinajstić information content (AvgIpc) is 1.98. The molecule has 1 rings (SSSR count). The van der Waals surface area contributed by atoms with Gasteiger partial charge in [-0.1, -0.05) is 23.2 Å². The fourth-order valence-electron chi connectivity index (χ4n) is 0.360. The Bertz CT molecular complexity index is 173. The summed E-state index contributed by atoms with van der Waals surface area (Å²) in [4.78, 5) is 0.830. The van der Waals surface area contributed by atoms with Gasteiger partial charge in [0.25, 0.3) is 0 Å². The van der Waals surface area contributed by atoms with E-state index in [1.54, 1.807) is 5.38 Å². The molecule has 0 spiro atoms. The maximum Gasteiger partial charge on any atom is 0.0731 e. The van der Waals surface area contributed by atoms with Crippen LogP contribution in [0.4, 0.5) is 0 Å². The fraction of sp³-hybridized carbons (Fsp3) is 0. The molecule has 0 bridgehead atoms. The van der Waals surface area contributed by atoms with Gasteiger partial charge >= 0.3 is 0 Å². The lowest BCUT2D eigenvalue weighted by Crippen LogP contribution is -1.56. The van der Waals surface area contributed by atoms with Crippen molar-refractivity contribution in [3.05, 3.63) is 27.2 Å². The van der Waals surface area contributed by atoms with Crippen LogP contribution in [0.1, 0.15) is 4.88 Å². The zero-order valence-corrected chi connectivity index (χ0v) is 6.28. The Hall–Kier alpha value is 0.280. The minimum absolute atomic E-state index is 0.580. The summed E-state index contributed by atoms with van der Waals surface area (Å²) in [6, 6.07) is 0. The normalized spacial score (nSPS) is 9.88. The Labute approximate surface area is 62.0 Å². The molecular weight excluding hydrogens is 163 g/mol. The van der Waals surface area contributed by atoms with E-state index in [9.17, 15) is 0 Å². The van der Waals surface area contributed by atoms with Crippen molar-refractivity contribution in [3.63, 3.8) is 0 Å². The van der Waals surface area contributed by atoms with Crippen LogP contribution >= 0.6 is 34.5 Å². The van der Waals surface area contributed by atoms with Crippen LogP contribution in [0, 0.1) is 6.92 Å². The molecule has 43 valence electrons. The smallest absolute Gasteiger partial charge is 0.0731 e. The van der Waals surface area contributed by atoms with Gasteiger partial charge in [0.15, 0.2) is 0 Å². The summed E-state index contributed by atoms with van der Waals surface area (Å²) >= 11 is 12.6. The molecule has 0 aliphatic carbocycles. The van der Waals surface area contributed by atoms with Crippen LogP contribution < -0.4 is 0 Å². The number of rotatable bonds is 0. The lowest BCUT2D eigenvalue weighted by molar-refractivity contribution is 1.87. The largest absolute Gasteiger partial charge is 0.146 e. The van der Waals surface area contributed by atoms with E-state index in [4.69, 9.17) is 23.2 Å². The molecule has 8 heavy (non-hydrogen) atoms. The molecule has 0 amide bonds. The topological polar surface area (TPSA) is 0 Å². The Balaban J connectivity index is 3.19. The van der Waals surface area contributed by atoms with Crippen LogP contribution in [0.25, 0.3) is 0 Å². The second-order valence-corrected chi connectivity index (χ2v) is 3.07. The van der Waals surface area contributed by atoms with Crippen molar-refractivity contribution in [1.82, 2.24) is 0 Å². The van der Waals surface area contributed by atoms with E-state index >= 15 is 0 Å². The van der Waals surface area contributed by atoms with Crippen molar-refractivity contribution in [2.75, 3.05) is 0 Å². The van der Waals surface area contributed by atoms with E-state index in [2.05, 4.69) is 6.92 Å². The molecule has 1 aromatic heterocycles. The highest BCUT2D eigenvalue weighted by atomic mass is 35.5. The van der Waals surface area contributed by atoms with Crippen molar-refractivity contribution in [1.29, 1.82) is 0 Å². The van der Waals surface area contributed by atoms with Gasteiger partial charge in [0.05, 0.1) is 10.0 Å². The summed E-state index contributed by atoms with van der Waals surface area (Å²) in [5.74, 6) is 0. The summed E-state index contributed by atoms with van der Waals surface area (Å²) in [7, 11) is 0. The van der Waals surface area contributed by atoms with E-state index in [-0.39, 0.29) is 0 Å². The summed E-state index contributed by atoms with van der Waals surface area (Å²) < 4.78 is 0. The van der Waals surface area contributed by atoms with Crippen molar-refractivity contribution in [2.45, 2.75) is 0 Å². The van der Waals surface area contributed by atoms with Gasteiger partial charge in [-0.25, -0.2) is 0 Å². The molecule has 0 fully saturated rings. The van der Waals surface area contributed by atoms with Crippen LogP contribution in [-0.2, 0) is 0 Å². The third kappa shape index (κ3) is 0.993. The minimum Gasteiger partial charge on any atom is -0.146 e. The molecule has 0 saturated carbocycles. The van der Waals surface area contributed by atoms with Crippen LogP contribution in [0.3, 0.4) is 0 Å². The first-order valence-corrected chi connectivity index (χ1v) is 3.60. The lowest BCUT2D eigenvalue weighted by atomic mass is 10.5. The molecule has 0 N–H and O–H groups in total. The molecule has 0 aliphatic rings. The van der Waals surface area contributed by atoms with Crippen LogP contribution in [-0.4, -0.2) is 0 Å². The van der Waals surface area contributed by atoms with Gasteiger partial charge in [0, 0.05) is 10.3 Å². The molecule has 0 saturated heterocycles. The van der Waals surface area contributed by atoms with Gasteiger partial charge in [-0.3, -0.25) is 0 Å². The summed E-state index contributed by atoms with van der Waals surface area (Å²) in [6.45, 7) is 3.64. The van der Waals surface area contributed by atoms with Crippen LogP contribution in [0.15, 0.2) is 5.38 Å². The monoisotopic (exact) mass is 165 g/mol. The second-order valence-electron chi connectivity index (χ2n) is 1.32. The summed E-state index contributed by atoms with van der Waals surface area (Å²) in [5, 5.41) is 2.95. The number of thiophene rings is 1. The van der Waals surface area contributed by atoms with Gasteiger partial charge in [0.1, 0.15) is 0 Å². The molecule has 0 nitrogen and oxygen atoms in total. The van der Waals surface area contributed by atoms with Gasteiger partial charge in [0.2, 0.25) is 0 Å². The van der Waals surface area contributed by atoms with E-state index in [1.165, 1.54) is 11.3 Å². The number of halogens is 2. The highest BCUT2D eigenvalue weighted by Gasteiger charge is 2.00. The molecule has 1 aromatic rings. The predicted octanol–water partition coefficient (Wildman–Crippen LogP) is 3.24. The van der Waals surface area contributed by atoms with Crippen LogP contribution in [0.2, 0.25) is 10.0 Å². The predicted molar refractivity (Wildman–Crippen MR) is 38.8 cm³/mol. The van der Waals surface area contributed by atoms with Crippen molar-refractivity contribution < 1.29 is 0 Å². The molecule has 0 aromatic carbocycles. The molecular formula is C5H3Cl2S. The third-order valence-electron chi connectivity index (χ3n) is 0.759. The van der Waals surface area contributed by atoms with E-state index in [0.717, 1.165) is 4.88 Å². The number of hydrogen-bond donors (Lipinski definition) is 0. The first kappa shape index (κ1) is 6.40. The van der Waals surface area contributed by atoms with Crippen molar-refractivity contribution in [3.8, 4) is 0 Å². The second kappa shape index (κ2) is 2.26. The van der Waals surface area contributed by atoms with Crippen LogP contribution in [0.5, 0.6) is 0 Å². The molecule has 1 radical (unpaired) electrons. The zero-order chi connectivity index (χ0) is 6.15. The van der Waals surface area contributed by atoms with E-state index in [1.807, 2.05) is 0 Å². The van der Waals surface area contributed by atoms with Gasteiger partial charge in [-0.05, 0) is 6.92 Å². The van der Waals surface area contributed by atoms with Gasteiger partial charge in [-0.15, -0.1) is 11.3 Å².